The minimum absolute atomic E-state index is 0.215. The molecule has 2 aromatic heterocycles. The molecule has 2 heterocycles. The molecule has 0 fully saturated rings. The van der Waals surface area contributed by atoms with Crippen molar-refractivity contribution in [2.24, 2.45) is 0 Å². The number of hydrogen-bond donors (Lipinski definition) is 1. The van der Waals surface area contributed by atoms with Gasteiger partial charge in [-0.3, -0.25) is 4.79 Å². The first-order chi connectivity index (χ1) is 16.1. The van der Waals surface area contributed by atoms with E-state index in [2.05, 4.69) is 16.5 Å². The first-order valence-corrected chi connectivity index (χ1v) is 11.4. The number of nitrogens with zero attached hydrogens (tertiary/aromatic N) is 3. The highest BCUT2D eigenvalue weighted by Gasteiger charge is 2.24. The number of amides is 1. The van der Waals surface area contributed by atoms with Crippen molar-refractivity contribution in [2.45, 2.75) is 30.5 Å². The SMILES string of the molecule is CC[C@@H](Sc1nc(-c2ccccc2)cc(-c2ccccc2)c1C#N)C(=O)Nc1cc(C)on1. The van der Waals surface area contributed by atoms with Gasteiger partial charge in [0.15, 0.2) is 5.82 Å². The van der Waals surface area contributed by atoms with Crippen LogP contribution >= 0.6 is 11.8 Å². The van der Waals surface area contributed by atoms with Crippen molar-refractivity contribution >= 4 is 23.5 Å². The molecular formula is C26H22N4O2S. The Hall–Kier alpha value is -3.89. The van der Waals surface area contributed by atoms with E-state index in [9.17, 15) is 10.1 Å². The van der Waals surface area contributed by atoms with Crippen LogP contribution < -0.4 is 5.32 Å². The van der Waals surface area contributed by atoms with Gasteiger partial charge in [0.25, 0.3) is 0 Å². The van der Waals surface area contributed by atoms with Crippen LogP contribution in [-0.2, 0) is 4.79 Å². The van der Waals surface area contributed by atoms with E-state index in [-0.39, 0.29) is 5.91 Å². The highest BCUT2D eigenvalue weighted by molar-refractivity contribution is 8.00. The van der Waals surface area contributed by atoms with Crippen LogP contribution in [0.4, 0.5) is 5.82 Å². The average Bonchev–Trinajstić information content (AvgIpc) is 3.27. The Morgan fingerprint density at radius 1 is 1.09 bits per heavy atom. The Kier molecular flexibility index (Phi) is 6.86. The molecule has 0 unspecified atom stereocenters. The fourth-order valence-electron chi connectivity index (χ4n) is 3.41. The van der Waals surface area contributed by atoms with Gasteiger partial charge in [-0.2, -0.15) is 5.26 Å². The second-order valence-electron chi connectivity index (χ2n) is 7.41. The molecule has 0 saturated carbocycles. The summed E-state index contributed by atoms with van der Waals surface area (Å²) in [4.78, 5) is 17.8. The van der Waals surface area contributed by atoms with Gasteiger partial charge in [0.05, 0.1) is 16.5 Å². The quantitative estimate of drug-likeness (QED) is 0.340. The maximum Gasteiger partial charge on any atom is 0.239 e. The number of pyridine rings is 1. The van der Waals surface area contributed by atoms with Crippen LogP contribution in [0.2, 0.25) is 0 Å². The molecule has 0 radical (unpaired) electrons. The van der Waals surface area contributed by atoms with Crippen LogP contribution in [0.5, 0.6) is 0 Å². The summed E-state index contributed by atoms with van der Waals surface area (Å²) in [7, 11) is 0. The Morgan fingerprint density at radius 2 is 1.76 bits per heavy atom. The number of aryl methyl sites for hydroxylation is 1. The average molecular weight is 455 g/mol. The number of nitriles is 1. The molecule has 7 heteroatoms. The molecule has 1 amide bonds. The minimum Gasteiger partial charge on any atom is -0.360 e. The summed E-state index contributed by atoms with van der Waals surface area (Å²) in [6.45, 7) is 3.69. The molecule has 0 bridgehead atoms. The van der Waals surface area contributed by atoms with Crippen molar-refractivity contribution in [3.05, 3.63) is 84.1 Å². The monoisotopic (exact) mass is 454 g/mol. The molecule has 0 aliphatic carbocycles. The van der Waals surface area contributed by atoms with Crippen molar-refractivity contribution in [1.29, 1.82) is 5.26 Å². The predicted molar refractivity (Wildman–Crippen MR) is 130 cm³/mol. The van der Waals surface area contributed by atoms with Gasteiger partial charge >= 0.3 is 0 Å². The summed E-state index contributed by atoms with van der Waals surface area (Å²) < 4.78 is 5.04. The van der Waals surface area contributed by atoms with Gasteiger partial charge in [-0.25, -0.2) is 4.98 Å². The molecule has 0 spiro atoms. The fourth-order valence-corrected chi connectivity index (χ4v) is 4.43. The lowest BCUT2D eigenvalue weighted by Crippen LogP contribution is -2.25. The minimum atomic E-state index is -0.462. The van der Waals surface area contributed by atoms with Crippen molar-refractivity contribution in [2.75, 3.05) is 5.32 Å². The van der Waals surface area contributed by atoms with E-state index in [0.29, 0.717) is 28.6 Å². The second-order valence-corrected chi connectivity index (χ2v) is 8.60. The molecule has 0 aliphatic heterocycles. The number of hydrogen-bond acceptors (Lipinski definition) is 6. The predicted octanol–water partition coefficient (Wildman–Crippen LogP) is 6.09. The summed E-state index contributed by atoms with van der Waals surface area (Å²) in [6.07, 6.45) is 0.552. The number of carbonyl (C=O) groups excluding carboxylic acids is 1. The van der Waals surface area contributed by atoms with Crippen molar-refractivity contribution < 1.29 is 9.32 Å². The Labute approximate surface area is 196 Å². The number of aromatic nitrogens is 2. The van der Waals surface area contributed by atoms with Gasteiger partial charge in [0.2, 0.25) is 5.91 Å². The van der Waals surface area contributed by atoms with Gasteiger partial charge in [0, 0.05) is 17.2 Å². The lowest BCUT2D eigenvalue weighted by atomic mass is 9.99. The third kappa shape index (κ3) is 5.13. The maximum absolute atomic E-state index is 12.9. The van der Waals surface area contributed by atoms with Crippen LogP contribution in [0.15, 0.2) is 82.3 Å². The van der Waals surface area contributed by atoms with Gasteiger partial charge in [-0.05, 0) is 25.0 Å². The molecule has 1 N–H and O–H groups in total. The largest absolute Gasteiger partial charge is 0.360 e. The molecule has 6 nitrogen and oxygen atoms in total. The molecule has 1 atom stereocenters. The lowest BCUT2D eigenvalue weighted by Gasteiger charge is -2.17. The van der Waals surface area contributed by atoms with Crippen molar-refractivity contribution in [3.8, 4) is 28.5 Å². The first kappa shape index (κ1) is 22.3. The van der Waals surface area contributed by atoms with E-state index >= 15 is 0 Å². The van der Waals surface area contributed by atoms with E-state index in [1.807, 2.05) is 73.7 Å². The number of nitrogens with one attached hydrogen (secondary N) is 1. The van der Waals surface area contributed by atoms with Gasteiger partial charge < -0.3 is 9.84 Å². The molecule has 33 heavy (non-hydrogen) atoms. The van der Waals surface area contributed by atoms with E-state index in [1.165, 1.54) is 11.8 Å². The van der Waals surface area contributed by atoms with Crippen molar-refractivity contribution in [1.82, 2.24) is 10.1 Å². The molecule has 0 aliphatic rings. The van der Waals surface area contributed by atoms with Crippen LogP contribution in [0.25, 0.3) is 22.4 Å². The molecule has 164 valence electrons. The standard InChI is InChI=1S/C26H22N4O2S/c1-3-23(25(31)29-24-14-17(2)32-30-24)33-26-21(16-27)20(18-10-6-4-7-11-18)15-22(28-26)19-12-8-5-9-13-19/h4-15,23H,3H2,1-2H3,(H,29,30,31)/t23-/m1/s1. The van der Waals surface area contributed by atoms with Crippen LogP contribution in [-0.4, -0.2) is 21.3 Å². The Morgan fingerprint density at radius 3 is 2.33 bits per heavy atom. The Balaban J connectivity index is 1.75. The third-order valence-corrected chi connectivity index (χ3v) is 6.40. The zero-order valence-electron chi connectivity index (χ0n) is 18.3. The topological polar surface area (TPSA) is 91.8 Å². The molecule has 0 saturated heterocycles. The van der Waals surface area contributed by atoms with E-state index in [0.717, 1.165) is 22.4 Å². The summed E-state index contributed by atoms with van der Waals surface area (Å²) >= 11 is 1.29. The fraction of sp³-hybridized carbons (Fsp3) is 0.154. The highest BCUT2D eigenvalue weighted by atomic mass is 32.2. The third-order valence-electron chi connectivity index (χ3n) is 5.05. The van der Waals surface area contributed by atoms with Crippen LogP contribution in [0.1, 0.15) is 24.7 Å². The molecular weight excluding hydrogens is 432 g/mol. The zero-order valence-corrected chi connectivity index (χ0v) is 19.1. The number of rotatable bonds is 7. The summed E-state index contributed by atoms with van der Waals surface area (Å²) in [5.41, 5.74) is 3.85. The smallest absolute Gasteiger partial charge is 0.239 e. The van der Waals surface area contributed by atoms with Gasteiger partial charge in [-0.15, -0.1) is 0 Å². The maximum atomic E-state index is 12.9. The zero-order chi connectivity index (χ0) is 23.2. The van der Waals surface area contributed by atoms with E-state index in [1.54, 1.807) is 13.0 Å². The van der Waals surface area contributed by atoms with E-state index < -0.39 is 5.25 Å². The highest BCUT2D eigenvalue weighted by Crippen LogP contribution is 2.36. The molecule has 4 rings (SSSR count). The van der Waals surface area contributed by atoms with Crippen LogP contribution in [0, 0.1) is 18.3 Å². The molecule has 4 aromatic rings. The summed E-state index contributed by atoms with van der Waals surface area (Å²) in [6, 6.07) is 25.5. The first-order valence-electron chi connectivity index (χ1n) is 10.6. The van der Waals surface area contributed by atoms with E-state index in [4.69, 9.17) is 9.51 Å². The number of anilines is 1. The van der Waals surface area contributed by atoms with Crippen LogP contribution in [0.3, 0.4) is 0 Å². The van der Waals surface area contributed by atoms with Gasteiger partial charge in [-0.1, -0.05) is 84.5 Å². The summed E-state index contributed by atoms with van der Waals surface area (Å²) in [5.74, 6) is 0.767. The van der Waals surface area contributed by atoms with Crippen molar-refractivity contribution in [3.63, 3.8) is 0 Å². The normalized spacial score (nSPS) is 11.5. The summed E-state index contributed by atoms with van der Waals surface area (Å²) in [5, 5.41) is 16.7. The molecule has 2 aromatic carbocycles. The number of benzene rings is 2. The second kappa shape index (κ2) is 10.2. The van der Waals surface area contributed by atoms with Gasteiger partial charge in [0.1, 0.15) is 16.9 Å². The Bertz CT molecular complexity index is 1300. The lowest BCUT2D eigenvalue weighted by molar-refractivity contribution is -0.115. The number of carbonyl (C=O) groups is 1. The number of thioether (sulfide) groups is 1.